The Bertz CT molecular complexity index is 639. The third kappa shape index (κ3) is 2.75. The Hall–Kier alpha value is -1.67. The van der Waals surface area contributed by atoms with Crippen LogP contribution in [0.1, 0.15) is 23.5 Å². The Kier molecular flexibility index (Phi) is 3.58. The van der Waals surface area contributed by atoms with E-state index >= 15 is 0 Å². The number of benzene rings is 2. The minimum atomic E-state index is -0.361. The topological polar surface area (TPSA) is 17.1 Å². The van der Waals surface area contributed by atoms with Crippen molar-refractivity contribution in [1.29, 1.82) is 0 Å². The van der Waals surface area contributed by atoms with Gasteiger partial charge in [-0.1, -0.05) is 41.9 Å². The maximum absolute atomic E-state index is 13.6. The summed E-state index contributed by atoms with van der Waals surface area (Å²) < 4.78 is 13.6. The molecule has 1 nitrogen and oxygen atoms in total. The van der Waals surface area contributed by atoms with E-state index in [4.69, 9.17) is 11.6 Å². The SMILES string of the molecule is O=C(Cc1cc(Cl)ccc1F)C1CC1c1ccccc1. The largest absolute Gasteiger partial charge is 0.299 e. The summed E-state index contributed by atoms with van der Waals surface area (Å²) in [7, 11) is 0. The van der Waals surface area contributed by atoms with E-state index < -0.39 is 0 Å². The molecule has 2 aromatic carbocycles. The van der Waals surface area contributed by atoms with Crippen molar-refractivity contribution in [2.45, 2.75) is 18.8 Å². The van der Waals surface area contributed by atoms with Crippen molar-refractivity contribution in [1.82, 2.24) is 0 Å². The van der Waals surface area contributed by atoms with Crippen molar-refractivity contribution in [3.63, 3.8) is 0 Å². The van der Waals surface area contributed by atoms with Crippen molar-refractivity contribution in [3.8, 4) is 0 Å². The van der Waals surface area contributed by atoms with Crippen LogP contribution in [-0.4, -0.2) is 5.78 Å². The number of halogens is 2. The fourth-order valence-corrected chi connectivity index (χ4v) is 2.81. The Balaban J connectivity index is 1.68. The van der Waals surface area contributed by atoms with Crippen LogP contribution in [0.5, 0.6) is 0 Å². The molecule has 0 radical (unpaired) electrons. The average Bonchev–Trinajstić information content (AvgIpc) is 3.24. The van der Waals surface area contributed by atoms with E-state index in [9.17, 15) is 9.18 Å². The van der Waals surface area contributed by atoms with Crippen LogP contribution in [0.15, 0.2) is 48.5 Å². The van der Waals surface area contributed by atoms with Gasteiger partial charge in [0.2, 0.25) is 0 Å². The van der Waals surface area contributed by atoms with E-state index in [0.717, 1.165) is 6.42 Å². The normalized spacial score (nSPS) is 20.7. The van der Waals surface area contributed by atoms with Crippen LogP contribution in [0.3, 0.4) is 0 Å². The molecule has 1 saturated carbocycles. The van der Waals surface area contributed by atoms with Gasteiger partial charge >= 0.3 is 0 Å². The minimum absolute atomic E-state index is 0.0239. The third-order valence-electron chi connectivity index (χ3n) is 3.80. The molecule has 0 spiro atoms. The quantitative estimate of drug-likeness (QED) is 0.815. The fourth-order valence-electron chi connectivity index (χ4n) is 2.62. The zero-order valence-electron chi connectivity index (χ0n) is 10.9. The number of hydrogen-bond acceptors (Lipinski definition) is 1. The average molecular weight is 289 g/mol. The number of ketones is 1. The molecule has 2 atom stereocenters. The first-order chi connectivity index (χ1) is 9.65. The Morgan fingerprint density at radius 3 is 2.70 bits per heavy atom. The van der Waals surface area contributed by atoms with Crippen LogP contribution in [0, 0.1) is 11.7 Å². The van der Waals surface area contributed by atoms with Crippen LogP contribution >= 0.6 is 11.6 Å². The van der Waals surface area contributed by atoms with E-state index in [0.29, 0.717) is 16.5 Å². The number of carbonyl (C=O) groups excluding carboxylic acids is 1. The predicted octanol–water partition coefficient (Wildman–Crippen LogP) is 4.39. The molecule has 0 bridgehead atoms. The lowest BCUT2D eigenvalue weighted by atomic mass is 10.0. The monoisotopic (exact) mass is 288 g/mol. The number of carbonyl (C=O) groups is 1. The first-order valence-electron chi connectivity index (χ1n) is 6.67. The van der Waals surface area contributed by atoms with Gasteiger partial charge in [0.1, 0.15) is 11.6 Å². The van der Waals surface area contributed by atoms with Gasteiger partial charge in [-0.25, -0.2) is 4.39 Å². The summed E-state index contributed by atoms with van der Waals surface area (Å²) in [5, 5.41) is 0.463. The van der Waals surface area contributed by atoms with Crippen LogP contribution in [0.4, 0.5) is 4.39 Å². The zero-order valence-corrected chi connectivity index (χ0v) is 11.6. The second kappa shape index (κ2) is 5.37. The highest BCUT2D eigenvalue weighted by atomic mass is 35.5. The number of rotatable bonds is 4. The molecule has 0 aliphatic heterocycles. The maximum Gasteiger partial charge on any atom is 0.141 e. The maximum atomic E-state index is 13.6. The first kappa shape index (κ1) is 13.3. The van der Waals surface area contributed by atoms with E-state index in [1.165, 1.54) is 23.8 Å². The molecule has 3 heteroatoms. The highest BCUT2D eigenvalue weighted by molar-refractivity contribution is 6.30. The molecule has 3 rings (SSSR count). The Labute approximate surface area is 122 Å². The Morgan fingerprint density at radius 1 is 1.20 bits per heavy atom. The molecule has 1 aliphatic carbocycles. The molecule has 0 saturated heterocycles. The fraction of sp³-hybridized carbons (Fsp3) is 0.235. The van der Waals surface area contributed by atoms with Gasteiger partial charge in [-0.3, -0.25) is 4.79 Å². The summed E-state index contributed by atoms with van der Waals surface area (Å²) in [4.78, 5) is 12.2. The second-order valence-corrected chi connectivity index (χ2v) is 5.67. The van der Waals surface area contributed by atoms with Gasteiger partial charge in [-0.2, -0.15) is 0 Å². The summed E-state index contributed by atoms with van der Waals surface area (Å²) in [6.45, 7) is 0. The van der Waals surface area contributed by atoms with E-state index in [1.54, 1.807) is 0 Å². The standard InChI is InChI=1S/C17H14ClFO/c18-13-6-7-16(19)12(8-13)9-17(20)15-10-14(15)11-4-2-1-3-5-11/h1-8,14-15H,9-10H2. The number of Topliss-reactive ketones (excluding diaryl/α,β-unsaturated/α-hetero) is 1. The molecule has 0 amide bonds. The van der Waals surface area contributed by atoms with Gasteiger partial charge in [0.25, 0.3) is 0 Å². The molecule has 0 N–H and O–H groups in total. The third-order valence-corrected chi connectivity index (χ3v) is 4.04. The van der Waals surface area contributed by atoms with Crippen molar-refractivity contribution >= 4 is 17.4 Å². The van der Waals surface area contributed by atoms with Gasteiger partial charge in [0.05, 0.1) is 0 Å². The van der Waals surface area contributed by atoms with Crippen LogP contribution < -0.4 is 0 Å². The second-order valence-electron chi connectivity index (χ2n) is 5.24. The molecule has 2 unspecified atom stereocenters. The van der Waals surface area contributed by atoms with Gasteiger partial charge in [-0.05, 0) is 41.7 Å². The molecule has 102 valence electrons. The zero-order chi connectivity index (χ0) is 14.1. The molecule has 0 aromatic heterocycles. The minimum Gasteiger partial charge on any atom is -0.299 e. The highest BCUT2D eigenvalue weighted by Crippen LogP contribution is 2.48. The van der Waals surface area contributed by atoms with Crippen LogP contribution in [-0.2, 0) is 11.2 Å². The molecule has 2 aromatic rings. The smallest absolute Gasteiger partial charge is 0.141 e. The molecule has 1 aliphatic rings. The highest BCUT2D eigenvalue weighted by Gasteiger charge is 2.43. The summed E-state index contributed by atoms with van der Waals surface area (Å²) in [5.41, 5.74) is 1.58. The molecule has 20 heavy (non-hydrogen) atoms. The summed E-state index contributed by atoms with van der Waals surface area (Å²) in [6.07, 6.45) is 0.991. The van der Waals surface area contributed by atoms with Crippen molar-refractivity contribution in [3.05, 3.63) is 70.5 Å². The molecular weight excluding hydrogens is 275 g/mol. The van der Waals surface area contributed by atoms with E-state index in [-0.39, 0.29) is 23.9 Å². The summed E-state index contributed by atoms with van der Waals surface area (Å²) in [5.74, 6) is 0.0569. The lowest BCUT2D eigenvalue weighted by Crippen LogP contribution is -2.08. The van der Waals surface area contributed by atoms with E-state index in [1.807, 2.05) is 30.3 Å². The molecule has 1 fully saturated rings. The predicted molar refractivity (Wildman–Crippen MR) is 77.4 cm³/mol. The summed E-state index contributed by atoms with van der Waals surface area (Å²) in [6, 6.07) is 14.3. The number of hydrogen-bond donors (Lipinski definition) is 0. The Morgan fingerprint density at radius 2 is 1.95 bits per heavy atom. The molecule has 0 heterocycles. The first-order valence-corrected chi connectivity index (χ1v) is 7.04. The van der Waals surface area contributed by atoms with Crippen molar-refractivity contribution in [2.24, 2.45) is 5.92 Å². The lowest BCUT2D eigenvalue weighted by molar-refractivity contribution is -0.119. The van der Waals surface area contributed by atoms with E-state index in [2.05, 4.69) is 0 Å². The summed E-state index contributed by atoms with van der Waals surface area (Å²) >= 11 is 5.84. The lowest BCUT2D eigenvalue weighted by Gasteiger charge is -2.04. The van der Waals surface area contributed by atoms with Crippen molar-refractivity contribution in [2.75, 3.05) is 0 Å². The van der Waals surface area contributed by atoms with Gasteiger partial charge in [0.15, 0.2) is 0 Å². The van der Waals surface area contributed by atoms with Crippen LogP contribution in [0.25, 0.3) is 0 Å². The molecular formula is C17H14ClFO. The van der Waals surface area contributed by atoms with Crippen LogP contribution in [0.2, 0.25) is 5.02 Å². The van der Waals surface area contributed by atoms with Gasteiger partial charge in [-0.15, -0.1) is 0 Å². The van der Waals surface area contributed by atoms with Crippen molar-refractivity contribution < 1.29 is 9.18 Å². The van der Waals surface area contributed by atoms with Gasteiger partial charge < -0.3 is 0 Å². The van der Waals surface area contributed by atoms with Gasteiger partial charge in [0, 0.05) is 17.4 Å².